The van der Waals surface area contributed by atoms with Gasteiger partial charge in [0, 0.05) is 42.9 Å². The van der Waals surface area contributed by atoms with E-state index in [0.717, 1.165) is 50.7 Å². The highest BCUT2D eigenvalue weighted by molar-refractivity contribution is 7.90. The van der Waals surface area contributed by atoms with Gasteiger partial charge in [0.15, 0.2) is 5.78 Å². The summed E-state index contributed by atoms with van der Waals surface area (Å²) in [5.74, 6) is -2.30. The third-order valence-corrected chi connectivity index (χ3v) is 13.4. The standard InChI is InChI=1S/C20H24FN3O3S.C20H23FN2O4S/c21-19-13-16(20(25)14-22)9-10-17(19)15-24(18-7-3-1-4-8-18)28(26,27)23-11-5-2-6-12-23;1-27-20(24)16-10-11-17(19(21)14-16)15-23(18-8-4-2-5-9-18)28(25,26)22-12-6-3-7-13-22/h1,3-4,7-10,13H,2,5-6,11-12,14-15,22H2;2,4-5,8-11,14H,3,6-7,12-13,15H2,1H3. The fraction of sp³-hybridized carbons (Fsp3) is 0.350. The molecule has 2 N–H and O–H groups in total. The molecule has 0 spiro atoms. The first-order valence-corrected chi connectivity index (χ1v) is 21.2. The molecule has 0 aromatic heterocycles. The number of nitrogens with two attached hydrogens (primary N) is 1. The molecule has 0 saturated carbocycles. The van der Waals surface area contributed by atoms with Crippen molar-refractivity contribution in [2.45, 2.75) is 51.6 Å². The molecule has 2 aliphatic heterocycles. The molecule has 0 unspecified atom stereocenters. The van der Waals surface area contributed by atoms with Crippen molar-refractivity contribution in [1.82, 2.24) is 8.61 Å². The Morgan fingerprint density at radius 3 is 1.39 bits per heavy atom. The van der Waals surface area contributed by atoms with E-state index in [1.807, 2.05) is 0 Å². The van der Waals surface area contributed by atoms with E-state index in [9.17, 15) is 35.2 Å². The van der Waals surface area contributed by atoms with Crippen molar-refractivity contribution in [3.05, 3.63) is 131 Å². The number of methoxy groups -OCH3 is 1. The molecule has 2 saturated heterocycles. The van der Waals surface area contributed by atoms with Crippen LogP contribution in [0.25, 0.3) is 0 Å². The molecule has 12 nitrogen and oxygen atoms in total. The Morgan fingerprint density at radius 1 is 0.625 bits per heavy atom. The van der Waals surface area contributed by atoms with Gasteiger partial charge in [0.05, 0.1) is 43.7 Å². The van der Waals surface area contributed by atoms with Crippen LogP contribution >= 0.6 is 0 Å². The van der Waals surface area contributed by atoms with E-state index in [1.54, 1.807) is 60.7 Å². The minimum absolute atomic E-state index is 0.0777. The fourth-order valence-electron chi connectivity index (χ4n) is 6.47. The molecule has 4 aromatic carbocycles. The second kappa shape index (κ2) is 19.4. The van der Waals surface area contributed by atoms with Gasteiger partial charge in [0.1, 0.15) is 11.6 Å². The zero-order valence-corrected chi connectivity index (χ0v) is 32.9. The number of para-hydroxylation sites is 2. The van der Waals surface area contributed by atoms with Gasteiger partial charge in [0.2, 0.25) is 0 Å². The number of rotatable bonds is 13. The topological polar surface area (TPSA) is 151 Å². The van der Waals surface area contributed by atoms with E-state index in [2.05, 4.69) is 4.74 Å². The van der Waals surface area contributed by atoms with E-state index >= 15 is 0 Å². The summed E-state index contributed by atoms with van der Waals surface area (Å²) in [5, 5.41) is 0. The van der Waals surface area contributed by atoms with E-state index in [0.29, 0.717) is 37.6 Å². The number of nitrogens with zero attached hydrogens (tertiary/aromatic N) is 4. The second-order valence-corrected chi connectivity index (χ2v) is 17.1. The van der Waals surface area contributed by atoms with Crippen LogP contribution in [0.1, 0.15) is 70.4 Å². The Hall–Kier alpha value is -4.74. The number of hydrogen-bond donors (Lipinski definition) is 1. The van der Waals surface area contributed by atoms with Crippen LogP contribution in [-0.4, -0.2) is 77.0 Å². The van der Waals surface area contributed by atoms with Gasteiger partial charge in [-0.05, 0) is 68.1 Å². The lowest BCUT2D eigenvalue weighted by Crippen LogP contribution is -2.46. The number of halogens is 2. The van der Waals surface area contributed by atoms with Gasteiger partial charge < -0.3 is 10.5 Å². The number of esters is 1. The number of carbonyl (C=O) groups excluding carboxylic acids is 2. The Morgan fingerprint density at radius 2 is 1.02 bits per heavy atom. The maximum atomic E-state index is 14.6. The molecular formula is C40H47F2N5O7S2. The van der Waals surface area contributed by atoms with Crippen LogP contribution in [-0.2, 0) is 38.2 Å². The zero-order valence-electron chi connectivity index (χ0n) is 31.2. The number of anilines is 2. The molecule has 300 valence electrons. The quantitative estimate of drug-likeness (QED) is 0.127. The van der Waals surface area contributed by atoms with E-state index in [4.69, 9.17) is 5.73 Å². The molecule has 0 amide bonds. The Bertz CT molecular complexity index is 2010. The summed E-state index contributed by atoms with van der Waals surface area (Å²) < 4.78 is 92.3. The number of ether oxygens (including phenoxy) is 1. The van der Waals surface area contributed by atoms with Crippen LogP contribution in [0, 0.1) is 11.6 Å². The summed E-state index contributed by atoms with van der Waals surface area (Å²) >= 11 is 0. The van der Waals surface area contributed by atoms with E-state index in [-0.39, 0.29) is 47.7 Å². The monoisotopic (exact) mass is 811 g/mol. The van der Waals surface area contributed by atoms with Crippen molar-refractivity contribution < 1.29 is 39.9 Å². The van der Waals surface area contributed by atoms with Gasteiger partial charge in [-0.1, -0.05) is 67.4 Å². The van der Waals surface area contributed by atoms with Crippen LogP contribution in [0.4, 0.5) is 20.2 Å². The van der Waals surface area contributed by atoms with Crippen molar-refractivity contribution in [2.75, 3.05) is 48.4 Å². The molecule has 2 fully saturated rings. The predicted octanol–water partition coefficient (Wildman–Crippen LogP) is 6.05. The molecule has 6 rings (SSSR count). The Labute approximate surface area is 327 Å². The molecule has 0 bridgehead atoms. The molecule has 2 heterocycles. The lowest BCUT2D eigenvalue weighted by Gasteiger charge is -2.33. The molecular weight excluding hydrogens is 765 g/mol. The molecule has 56 heavy (non-hydrogen) atoms. The first-order valence-electron chi connectivity index (χ1n) is 18.4. The highest BCUT2D eigenvalue weighted by Crippen LogP contribution is 2.28. The smallest absolute Gasteiger partial charge is 0.337 e. The van der Waals surface area contributed by atoms with Gasteiger partial charge in [-0.25, -0.2) is 13.6 Å². The van der Waals surface area contributed by atoms with Crippen molar-refractivity contribution in [1.29, 1.82) is 0 Å². The predicted molar refractivity (Wildman–Crippen MR) is 211 cm³/mol. The minimum Gasteiger partial charge on any atom is -0.465 e. The average molecular weight is 812 g/mol. The normalized spacial score (nSPS) is 15.3. The van der Waals surface area contributed by atoms with Crippen LogP contribution in [0.15, 0.2) is 97.1 Å². The summed E-state index contributed by atoms with van der Waals surface area (Å²) in [6.45, 7) is 1.28. The van der Waals surface area contributed by atoms with Crippen LogP contribution < -0.4 is 14.3 Å². The average Bonchev–Trinajstić information content (AvgIpc) is 3.23. The van der Waals surface area contributed by atoms with Gasteiger partial charge >= 0.3 is 26.4 Å². The minimum atomic E-state index is -3.81. The van der Waals surface area contributed by atoms with E-state index in [1.165, 1.54) is 48.6 Å². The largest absolute Gasteiger partial charge is 0.465 e. The van der Waals surface area contributed by atoms with Gasteiger partial charge in [-0.15, -0.1) is 0 Å². The second-order valence-electron chi connectivity index (χ2n) is 13.4. The summed E-state index contributed by atoms with van der Waals surface area (Å²) in [6, 6.07) is 25.2. The van der Waals surface area contributed by atoms with Gasteiger partial charge in [-0.2, -0.15) is 25.4 Å². The summed E-state index contributed by atoms with van der Waals surface area (Å²) in [7, 11) is -6.41. The van der Waals surface area contributed by atoms with Crippen molar-refractivity contribution >= 4 is 43.5 Å². The molecule has 4 aromatic rings. The fourth-order valence-corrected chi connectivity index (χ4v) is 9.84. The van der Waals surface area contributed by atoms with Crippen molar-refractivity contribution in [3.63, 3.8) is 0 Å². The van der Waals surface area contributed by atoms with E-state index < -0.39 is 38.0 Å². The Balaban J connectivity index is 0.000000214. The van der Waals surface area contributed by atoms with Crippen LogP contribution in [0.5, 0.6) is 0 Å². The first-order chi connectivity index (χ1) is 26.9. The molecule has 16 heteroatoms. The molecule has 0 aliphatic carbocycles. The number of hydrogen-bond acceptors (Lipinski definition) is 8. The zero-order chi connectivity index (χ0) is 40.3. The number of Topliss-reactive ketones (excluding diaryl/α,β-unsaturated/α-hetero) is 1. The van der Waals surface area contributed by atoms with Crippen molar-refractivity contribution in [2.24, 2.45) is 5.73 Å². The van der Waals surface area contributed by atoms with Crippen molar-refractivity contribution in [3.8, 4) is 0 Å². The SMILES string of the molecule is COC(=O)c1ccc(CN(c2ccccc2)S(=O)(=O)N2CCCCC2)c(F)c1.NCC(=O)c1ccc(CN(c2ccccc2)S(=O)(=O)N2CCCCC2)c(F)c1. The lowest BCUT2D eigenvalue weighted by atomic mass is 10.1. The maximum absolute atomic E-state index is 14.6. The first kappa shape index (κ1) is 42.4. The number of ketones is 1. The number of benzene rings is 4. The van der Waals surface area contributed by atoms with Crippen LogP contribution in [0.2, 0.25) is 0 Å². The number of piperidine rings is 2. The lowest BCUT2D eigenvalue weighted by molar-refractivity contribution is 0.0600. The highest BCUT2D eigenvalue weighted by Gasteiger charge is 2.33. The Kier molecular flexibility index (Phi) is 14.7. The summed E-state index contributed by atoms with van der Waals surface area (Å²) in [6.07, 6.45) is 5.25. The highest BCUT2D eigenvalue weighted by atomic mass is 32.2. The summed E-state index contributed by atoms with van der Waals surface area (Å²) in [4.78, 5) is 23.3. The van der Waals surface area contributed by atoms with Crippen LogP contribution in [0.3, 0.4) is 0 Å². The molecule has 2 aliphatic rings. The maximum Gasteiger partial charge on any atom is 0.337 e. The molecule has 0 atom stereocenters. The number of carbonyl (C=O) groups is 2. The third-order valence-electron chi connectivity index (χ3n) is 9.59. The van der Waals surface area contributed by atoms with Gasteiger partial charge in [0.25, 0.3) is 0 Å². The van der Waals surface area contributed by atoms with Gasteiger partial charge in [-0.3, -0.25) is 13.4 Å². The molecule has 0 radical (unpaired) electrons. The summed E-state index contributed by atoms with van der Waals surface area (Å²) in [5.41, 5.74) is 6.88. The third kappa shape index (κ3) is 10.4.